The molecule has 1 aliphatic carbocycles. The number of hydrogen-bond acceptors (Lipinski definition) is 3. The summed E-state index contributed by atoms with van der Waals surface area (Å²) in [6.07, 6.45) is 9.00. The molecule has 1 amide bonds. The molecule has 4 heteroatoms. The monoisotopic (exact) mass is 327 g/mol. The Balaban J connectivity index is 1.56. The molecule has 1 aromatic rings. The highest BCUT2D eigenvalue weighted by molar-refractivity contribution is 5.76. The summed E-state index contributed by atoms with van der Waals surface area (Å²) in [4.78, 5) is 14.4. The molecule has 0 spiro atoms. The summed E-state index contributed by atoms with van der Waals surface area (Å²) in [6.45, 7) is 1.81. The molecule has 0 radical (unpaired) electrons. The molecule has 1 fully saturated rings. The van der Waals surface area contributed by atoms with Gasteiger partial charge in [-0.05, 0) is 57.0 Å². The van der Waals surface area contributed by atoms with Gasteiger partial charge in [-0.25, -0.2) is 0 Å². The number of benzene rings is 1. The fraction of sp³-hybridized carbons (Fsp3) is 0.600. The zero-order valence-corrected chi connectivity index (χ0v) is 14.8. The van der Waals surface area contributed by atoms with Crippen molar-refractivity contribution >= 4 is 5.91 Å². The largest absolute Gasteiger partial charge is 0.356 e. The number of nitrogens with one attached hydrogen (secondary N) is 1. The lowest BCUT2D eigenvalue weighted by atomic mass is 9.94. The zero-order chi connectivity index (χ0) is 17.2. The molecule has 1 aromatic carbocycles. The Bertz CT molecular complexity index is 541. The summed E-state index contributed by atoms with van der Waals surface area (Å²) in [6, 6.07) is 10.3. The lowest BCUT2D eigenvalue weighted by Crippen LogP contribution is -2.35. The molecule has 0 atom stereocenters. The van der Waals surface area contributed by atoms with Crippen molar-refractivity contribution in [1.82, 2.24) is 10.2 Å². The van der Waals surface area contributed by atoms with Crippen LogP contribution in [0.3, 0.4) is 0 Å². The smallest absolute Gasteiger partial charge is 0.220 e. The van der Waals surface area contributed by atoms with E-state index < -0.39 is 0 Å². The molecular weight excluding hydrogens is 298 g/mol. The number of carbonyl (C=O) groups excluding carboxylic acids is 1. The van der Waals surface area contributed by atoms with Crippen LogP contribution in [0, 0.1) is 11.3 Å². The highest BCUT2D eigenvalue weighted by Gasteiger charge is 2.17. The van der Waals surface area contributed by atoms with Crippen LogP contribution in [0.1, 0.15) is 56.1 Å². The van der Waals surface area contributed by atoms with Crippen LogP contribution in [0.15, 0.2) is 24.3 Å². The molecule has 0 unspecified atom stereocenters. The molecule has 0 aliphatic heterocycles. The van der Waals surface area contributed by atoms with Gasteiger partial charge in [0.05, 0.1) is 11.6 Å². The normalized spacial score (nSPS) is 15.2. The second-order valence-corrected chi connectivity index (χ2v) is 6.78. The van der Waals surface area contributed by atoms with Crippen LogP contribution in [0.5, 0.6) is 0 Å². The van der Waals surface area contributed by atoms with Gasteiger partial charge in [0, 0.05) is 19.0 Å². The standard InChI is InChI=1S/C20H29N3O/c1-23(19-6-3-2-4-7-19)15-5-14-22-20(24)13-12-17-8-10-18(16-21)11-9-17/h8-11,19H,2-7,12-15H2,1H3,(H,22,24). The first-order valence-corrected chi connectivity index (χ1v) is 9.15. The van der Waals surface area contributed by atoms with Crippen molar-refractivity contribution in [3.05, 3.63) is 35.4 Å². The zero-order valence-electron chi connectivity index (χ0n) is 14.8. The van der Waals surface area contributed by atoms with E-state index in [4.69, 9.17) is 5.26 Å². The van der Waals surface area contributed by atoms with Crippen molar-refractivity contribution in [2.45, 2.75) is 57.4 Å². The lowest BCUT2D eigenvalue weighted by molar-refractivity contribution is -0.121. The average molecular weight is 327 g/mol. The fourth-order valence-corrected chi connectivity index (χ4v) is 3.35. The molecule has 1 aliphatic rings. The Labute approximate surface area is 145 Å². The summed E-state index contributed by atoms with van der Waals surface area (Å²) in [7, 11) is 2.21. The van der Waals surface area contributed by atoms with E-state index in [0.29, 0.717) is 12.0 Å². The molecule has 1 N–H and O–H groups in total. The SMILES string of the molecule is CN(CCCNC(=O)CCc1ccc(C#N)cc1)C1CCCCC1. The van der Waals surface area contributed by atoms with Crippen molar-refractivity contribution in [3.8, 4) is 6.07 Å². The molecule has 0 heterocycles. The first-order chi connectivity index (χ1) is 11.7. The topological polar surface area (TPSA) is 56.1 Å². The fourth-order valence-electron chi connectivity index (χ4n) is 3.35. The van der Waals surface area contributed by atoms with Crippen LogP contribution >= 0.6 is 0 Å². The predicted octanol–water partition coefficient (Wildman–Crippen LogP) is 3.26. The van der Waals surface area contributed by atoms with Crippen molar-refractivity contribution < 1.29 is 4.79 Å². The molecule has 0 saturated heterocycles. The molecule has 0 bridgehead atoms. The third-order valence-corrected chi connectivity index (χ3v) is 4.93. The van der Waals surface area contributed by atoms with Gasteiger partial charge in [0.15, 0.2) is 0 Å². The number of nitriles is 1. The van der Waals surface area contributed by atoms with E-state index in [1.165, 1.54) is 32.1 Å². The van der Waals surface area contributed by atoms with Gasteiger partial charge in [-0.3, -0.25) is 4.79 Å². The molecule has 130 valence electrons. The number of amides is 1. The highest BCUT2D eigenvalue weighted by atomic mass is 16.1. The minimum atomic E-state index is 0.111. The van der Waals surface area contributed by atoms with E-state index in [-0.39, 0.29) is 5.91 Å². The van der Waals surface area contributed by atoms with Crippen LogP contribution in [-0.4, -0.2) is 37.0 Å². The van der Waals surface area contributed by atoms with E-state index in [0.717, 1.165) is 37.5 Å². The van der Waals surface area contributed by atoms with Gasteiger partial charge < -0.3 is 10.2 Å². The lowest BCUT2D eigenvalue weighted by Gasteiger charge is -2.31. The van der Waals surface area contributed by atoms with Gasteiger partial charge in [0.25, 0.3) is 0 Å². The minimum Gasteiger partial charge on any atom is -0.356 e. The first kappa shape index (κ1) is 18.5. The molecule has 2 rings (SSSR count). The number of aryl methyl sites for hydroxylation is 1. The molecule has 24 heavy (non-hydrogen) atoms. The summed E-state index contributed by atoms with van der Waals surface area (Å²) >= 11 is 0. The molecular formula is C20H29N3O. The van der Waals surface area contributed by atoms with E-state index in [1.807, 2.05) is 12.1 Å². The quantitative estimate of drug-likeness (QED) is 0.746. The van der Waals surface area contributed by atoms with E-state index in [2.05, 4.69) is 23.3 Å². The number of rotatable bonds is 8. The van der Waals surface area contributed by atoms with Gasteiger partial charge in [0.1, 0.15) is 0 Å². The van der Waals surface area contributed by atoms with Gasteiger partial charge in [-0.15, -0.1) is 0 Å². The predicted molar refractivity (Wildman–Crippen MR) is 96.6 cm³/mol. The van der Waals surface area contributed by atoms with E-state index in [1.54, 1.807) is 12.1 Å². The Morgan fingerprint density at radius 1 is 1.25 bits per heavy atom. The van der Waals surface area contributed by atoms with Gasteiger partial charge >= 0.3 is 0 Å². The average Bonchev–Trinajstić information content (AvgIpc) is 2.64. The van der Waals surface area contributed by atoms with Crippen LogP contribution in [-0.2, 0) is 11.2 Å². The summed E-state index contributed by atoms with van der Waals surface area (Å²) in [5, 5.41) is 11.8. The van der Waals surface area contributed by atoms with Gasteiger partial charge in [-0.2, -0.15) is 5.26 Å². The molecule has 0 aromatic heterocycles. The molecule has 1 saturated carbocycles. The maximum Gasteiger partial charge on any atom is 0.220 e. The Hall–Kier alpha value is -1.86. The Morgan fingerprint density at radius 3 is 2.62 bits per heavy atom. The number of carbonyl (C=O) groups is 1. The Morgan fingerprint density at radius 2 is 1.96 bits per heavy atom. The van der Waals surface area contributed by atoms with Gasteiger partial charge in [-0.1, -0.05) is 31.4 Å². The third-order valence-electron chi connectivity index (χ3n) is 4.93. The number of hydrogen-bond donors (Lipinski definition) is 1. The minimum absolute atomic E-state index is 0.111. The van der Waals surface area contributed by atoms with E-state index in [9.17, 15) is 4.79 Å². The maximum absolute atomic E-state index is 11.9. The summed E-state index contributed by atoms with van der Waals surface area (Å²) < 4.78 is 0. The van der Waals surface area contributed by atoms with Crippen molar-refractivity contribution in [3.63, 3.8) is 0 Å². The third kappa shape index (κ3) is 6.33. The van der Waals surface area contributed by atoms with Crippen LogP contribution in [0.25, 0.3) is 0 Å². The van der Waals surface area contributed by atoms with Crippen LogP contribution in [0.2, 0.25) is 0 Å². The van der Waals surface area contributed by atoms with Crippen LogP contribution in [0.4, 0.5) is 0 Å². The number of nitrogens with zero attached hydrogens (tertiary/aromatic N) is 2. The van der Waals surface area contributed by atoms with Crippen molar-refractivity contribution in [2.75, 3.05) is 20.1 Å². The summed E-state index contributed by atoms with van der Waals surface area (Å²) in [5.41, 5.74) is 1.76. The van der Waals surface area contributed by atoms with Gasteiger partial charge in [0.2, 0.25) is 5.91 Å². The highest BCUT2D eigenvalue weighted by Crippen LogP contribution is 2.21. The van der Waals surface area contributed by atoms with Crippen molar-refractivity contribution in [2.24, 2.45) is 0 Å². The second kappa shape index (κ2) is 10.1. The van der Waals surface area contributed by atoms with E-state index >= 15 is 0 Å². The maximum atomic E-state index is 11.9. The first-order valence-electron chi connectivity index (χ1n) is 9.15. The Kier molecular flexibility index (Phi) is 7.77. The van der Waals surface area contributed by atoms with Crippen LogP contribution < -0.4 is 5.32 Å². The summed E-state index contributed by atoms with van der Waals surface area (Å²) in [5.74, 6) is 0.111. The van der Waals surface area contributed by atoms with Crippen molar-refractivity contribution in [1.29, 1.82) is 5.26 Å². The second-order valence-electron chi connectivity index (χ2n) is 6.78. The molecule has 4 nitrogen and oxygen atoms in total.